The van der Waals surface area contributed by atoms with E-state index < -0.39 is 11.6 Å². The molecule has 3 N–H and O–H groups in total. The van der Waals surface area contributed by atoms with Crippen molar-refractivity contribution in [1.82, 2.24) is 15.2 Å². The van der Waals surface area contributed by atoms with Crippen molar-refractivity contribution in [2.24, 2.45) is 11.7 Å². The maximum Gasteiger partial charge on any atom is 0.246 e. The molecule has 3 aromatic rings. The summed E-state index contributed by atoms with van der Waals surface area (Å²) in [5, 5.41) is 8.60. The van der Waals surface area contributed by atoms with Crippen LogP contribution in [0.5, 0.6) is 0 Å². The lowest BCUT2D eigenvalue weighted by Gasteiger charge is -2.35. The number of carbonyl (C=O) groups is 2. The van der Waals surface area contributed by atoms with Crippen LogP contribution in [0.2, 0.25) is 0 Å². The minimum atomic E-state index is -0.778. The number of nitrogens with one attached hydrogen (secondary N) is 1. The predicted octanol–water partition coefficient (Wildman–Crippen LogP) is 5.18. The van der Waals surface area contributed by atoms with Crippen molar-refractivity contribution < 1.29 is 9.59 Å². The molecule has 2 amide bonds. The van der Waals surface area contributed by atoms with Gasteiger partial charge in [0.15, 0.2) is 0 Å². The first kappa shape index (κ1) is 23.6. The van der Waals surface area contributed by atoms with Crippen LogP contribution >= 0.6 is 11.3 Å². The van der Waals surface area contributed by atoms with Crippen molar-refractivity contribution in [3.8, 4) is 11.3 Å². The van der Waals surface area contributed by atoms with E-state index in [0.717, 1.165) is 54.8 Å². The molecule has 2 aliphatic carbocycles. The van der Waals surface area contributed by atoms with Gasteiger partial charge in [0.2, 0.25) is 11.8 Å². The van der Waals surface area contributed by atoms with E-state index in [4.69, 9.17) is 10.7 Å². The molecule has 2 aromatic carbocycles. The zero-order valence-corrected chi connectivity index (χ0v) is 21.4. The molecule has 3 aliphatic rings. The van der Waals surface area contributed by atoms with Crippen LogP contribution in [0.1, 0.15) is 68.8 Å². The summed E-state index contributed by atoms with van der Waals surface area (Å²) in [7, 11) is 0. The highest BCUT2D eigenvalue weighted by molar-refractivity contribution is 7.10. The molecule has 36 heavy (non-hydrogen) atoms. The van der Waals surface area contributed by atoms with Gasteiger partial charge in [-0.1, -0.05) is 61.7 Å². The molecule has 188 valence electrons. The summed E-state index contributed by atoms with van der Waals surface area (Å²) in [6, 6.07) is 14.2. The molecule has 0 bridgehead atoms. The molecule has 1 saturated heterocycles. The second-order valence-corrected chi connectivity index (χ2v) is 11.7. The Morgan fingerprint density at radius 1 is 1.03 bits per heavy atom. The Hall–Kier alpha value is -2.77. The van der Waals surface area contributed by atoms with Crippen molar-refractivity contribution in [2.45, 2.75) is 75.4 Å². The molecule has 2 atom stereocenters. The van der Waals surface area contributed by atoms with Crippen molar-refractivity contribution in [3.63, 3.8) is 0 Å². The number of likely N-dealkylation sites (tertiary alicyclic amines) is 1. The molecule has 3 fully saturated rings. The second-order valence-electron chi connectivity index (χ2n) is 10.8. The predicted molar refractivity (Wildman–Crippen MR) is 143 cm³/mol. The molecule has 2 heterocycles. The normalized spacial score (nSPS) is 22.5. The number of benzene rings is 2. The van der Waals surface area contributed by atoms with E-state index in [1.54, 1.807) is 11.3 Å². The number of hydrogen-bond acceptors (Lipinski definition) is 5. The Kier molecular flexibility index (Phi) is 6.30. The fourth-order valence-corrected chi connectivity index (χ4v) is 6.94. The average Bonchev–Trinajstić information content (AvgIpc) is 3.29. The zero-order chi connectivity index (χ0) is 24.7. The van der Waals surface area contributed by atoms with Gasteiger partial charge in [-0.15, -0.1) is 11.3 Å². The van der Waals surface area contributed by atoms with Gasteiger partial charge in [-0.05, 0) is 55.2 Å². The third-order valence-corrected chi connectivity index (χ3v) is 9.27. The highest BCUT2D eigenvalue weighted by Gasteiger charge is 2.48. The van der Waals surface area contributed by atoms with Crippen LogP contribution in [-0.2, 0) is 9.59 Å². The first-order chi connectivity index (χ1) is 17.5. The van der Waals surface area contributed by atoms with Crippen LogP contribution in [-0.4, -0.2) is 39.8 Å². The summed E-state index contributed by atoms with van der Waals surface area (Å²) in [6.45, 7) is 0.708. The minimum Gasteiger partial charge on any atom is -0.342 e. The highest BCUT2D eigenvalue weighted by atomic mass is 32.1. The lowest BCUT2D eigenvalue weighted by atomic mass is 9.83. The Balaban J connectivity index is 1.26. The lowest BCUT2D eigenvalue weighted by Crippen LogP contribution is -2.56. The van der Waals surface area contributed by atoms with Crippen LogP contribution in [0.3, 0.4) is 0 Å². The molecular weight excluding hydrogens is 468 g/mol. The molecule has 6 rings (SSSR count). The lowest BCUT2D eigenvalue weighted by molar-refractivity contribution is -0.139. The summed E-state index contributed by atoms with van der Waals surface area (Å²) in [4.78, 5) is 33.9. The first-order valence-corrected chi connectivity index (χ1v) is 14.3. The molecule has 0 spiro atoms. The number of amides is 2. The average molecular weight is 503 g/mol. The third kappa shape index (κ3) is 4.43. The number of hydrogen-bond donors (Lipinski definition) is 2. The fraction of sp³-hybridized carbons (Fsp3) is 0.483. The van der Waals surface area contributed by atoms with E-state index in [2.05, 4.69) is 53.2 Å². The van der Waals surface area contributed by atoms with Gasteiger partial charge in [0.05, 0.1) is 17.3 Å². The molecule has 1 aliphatic heterocycles. The van der Waals surface area contributed by atoms with Gasteiger partial charge < -0.3 is 16.0 Å². The number of fused-ring (bicyclic) bond motifs is 1. The summed E-state index contributed by atoms with van der Waals surface area (Å²) in [5.41, 5.74) is 7.50. The number of rotatable bonds is 6. The summed E-state index contributed by atoms with van der Waals surface area (Å²) in [5.74, 6) is 0.0694. The van der Waals surface area contributed by atoms with Gasteiger partial charge in [0.1, 0.15) is 11.0 Å². The minimum absolute atomic E-state index is 0.0398. The number of nitrogens with two attached hydrogens (primary N) is 1. The number of carbonyl (C=O) groups excluding carboxylic acids is 2. The Morgan fingerprint density at radius 2 is 1.81 bits per heavy atom. The zero-order valence-electron chi connectivity index (χ0n) is 20.6. The van der Waals surface area contributed by atoms with Crippen LogP contribution in [0, 0.1) is 5.92 Å². The van der Waals surface area contributed by atoms with Gasteiger partial charge in [-0.25, -0.2) is 4.98 Å². The smallest absolute Gasteiger partial charge is 0.246 e. The monoisotopic (exact) mass is 502 g/mol. The van der Waals surface area contributed by atoms with Gasteiger partial charge >= 0.3 is 0 Å². The highest BCUT2D eigenvalue weighted by Crippen LogP contribution is 2.39. The maximum absolute atomic E-state index is 14.0. The van der Waals surface area contributed by atoms with E-state index in [1.165, 1.54) is 17.2 Å². The largest absolute Gasteiger partial charge is 0.342 e. The van der Waals surface area contributed by atoms with Gasteiger partial charge in [0, 0.05) is 17.5 Å². The SMILES string of the molecule is NC1(C(=O)N[C@H](C(=O)N2CCC[C@H]2c2nc(-c3cccc4ccccc34)cs2)C2CCCCC2)CC1. The summed E-state index contributed by atoms with van der Waals surface area (Å²) >= 11 is 1.63. The van der Waals surface area contributed by atoms with Gasteiger partial charge in [0.25, 0.3) is 0 Å². The maximum atomic E-state index is 14.0. The van der Waals surface area contributed by atoms with Crippen LogP contribution < -0.4 is 11.1 Å². The van der Waals surface area contributed by atoms with Crippen molar-refractivity contribution in [3.05, 3.63) is 52.9 Å². The molecule has 6 nitrogen and oxygen atoms in total. The third-order valence-electron chi connectivity index (χ3n) is 8.32. The van der Waals surface area contributed by atoms with Crippen LogP contribution in [0.15, 0.2) is 47.8 Å². The molecule has 0 unspecified atom stereocenters. The van der Waals surface area contributed by atoms with E-state index in [0.29, 0.717) is 19.4 Å². The van der Waals surface area contributed by atoms with Crippen molar-refractivity contribution in [1.29, 1.82) is 0 Å². The fourth-order valence-electron chi connectivity index (χ4n) is 5.97. The number of thiazole rings is 1. The van der Waals surface area contributed by atoms with E-state index in [1.807, 2.05) is 4.90 Å². The van der Waals surface area contributed by atoms with Crippen LogP contribution in [0.4, 0.5) is 0 Å². The van der Waals surface area contributed by atoms with E-state index in [9.17, 15) is 9.59 Å². The Labute approximate surface area is 216 Å². The quantitative estimate of drug-likeness (QED) is 0.486. The van der Waals surface area contributed by atoms with Crippen molar-refractivity contribution >= 4 is 33.9 Å². The van der Waals surface area contributed by atoms with Crippen LogP contribution in [0.25, 0.3) is 22.0 Å². The number of nitrogens with zero attached hydrogens (tertiary/aromatic N) is 2. The Bertz CT molecular complexity index is 1270. The molecule has 2 saturated carbocycles. The first-order valence-electron chi connectivity index (χ1n) is 13.4. The molecule has 0 radical (unpaired) electrons. The van der Waals surface area contributed by atoms with Gasteiger partial charge in [-0.3, -0.25) is 9.59 Å². The summed E-state index contributed by atoms with van der Waals surface area (Å²) in [6.07, 6.45) is 8.65. The van der Waals surface area contributed by atoms with Gasteiger partial charge in [-0.2, -0.15) is 0 Å². The summed E-state index contributed by atoms with van der Waals surface area (Å²) < 4.78 is 0. The Morgan fingerprint density at radius 3 is 2.61 bits per heavy atom. The van der Waals surface area contributed by atoms with Crippen molar-refractivity contribution in [2.75, 3.05) is 6.54 Å². The van der Waals surface area contributed by atoms with E-state index in [-0.39, 0.29) is 23.8 Å². The second kappa shape index (κ2) is 9.60. The molecule has 7 heteroatoms. The van der Waals surface area contributed by atoms with E-state index >= 15 is 0 Å². The molecule has 1 aromatic heterocycles. The standard InChI is InChI=1S/C29H34N4O2S/c30-29(15-16-29)28(35)32-25(20-9-2-1-3-10-20)27(34)33-17-7-14-24(33)26-31-23(18-36-26)22-13-6-11-19-8-4-5-12-21(19)22/h4-6,8,11-13,18,20,24-25H,1-3,7,9-10,14-17,30H2,(H,32,35)/t24-,25-/m0/s1. The topological polar surface area (TPSA) is 88.3 Å². The number of aromatic nitrogens is 1. The molecular formula is C29H34N4O2S.